The minimum atomic E-state index is -0.200. The third kappa shape index (κ3) is 4.03. The fourth-order valence-corrected chi connectivity index (χ4v) is 2.06. The van der Waals surface area contributed by atoms with E-state index >= 15 is 0 Å². The summed E-state index contributed by atoms with van der Waals surface area (Å²) in [6, 6.07) is 10.3. The summed E-state index contributed by atoms with van der Waals surface area (Å²) in [6.07, 6.45) is 0. The standard InChI is InChI=1S/C16H15ClN2O3/c1-11-3-5-13(22-11)9-19(2)16(20)10-21-15-6-4-12(8-18)7-14(15)17/h3-7H,9-10H2,1-2H3. The van der Waals surface area contributed by atoms with E-state index in [9.17, 15) is 4.79 Å². The van der Waals surface area contributed by atoms with Crippen molar-refractivity contribution in [1.29, 1.82) is 5.26 Å². The summed E-state index contributed by atoms with van der Waals surface area (Å²) in [6.45, 7) is 2.08. The van der Waals surface area contributed by atoms with Gasteiger partial charge >= 0.3 is 0 Å². The Kier molecular flexibility index (Phi) is 5.08. The molecule has 0 N–H and O–H groups in total. The quantitative estimate of drug-likeness (QED) is 0.849. The normalized spacial score (nSPS) is 10.1. The maximum atomic E-state index is 12.0. The van der Waals surface area contributed by atoms with Crippen molar-refractivity contribution in [2.75, 3.05) is 13.7 Å². The molecule has 114 valence electrons. The van der Waals surface area contributed by atoms with Crippen LogP contribution in [0.4, 0.5) is 0 Å². The first kappa shape index (κ1) is 15.9. The van der Waals surface area contributed by atoms with Crippen LogP contribution >= 0.6 is 11.6 Å². The number of hydrogen-bond donors (Lipinski definition) is 0. The number of aryl methyl sites for hydroxylation is 1. The van der Waals surface area contributed by atoms with Crippen LogP contribution in [0.15, 0.2) is 34.7 Å². The van der Waals surface area contributed by atoms with Crippen LogP contribution < -0.4 is 4.74 Å². The number of nitriles is 1. The highest BCUT2D eigenvalue weighted by Gasteiger charge is 2.13. The number of benzene rings is 1. The van der Waals surface area contributed by atoms with Gasteiger partial charge in [0, 0.05) is 7.05 Å². The van der Waals surface area contributed by atoms with Gasteiger partial charge in [0.05, 0.1) is 23.2 Å². The molecule has 1 amide bonds. The molecule has 0 saturated carbocycles. The summed E-state index contributed by atoms with van der Waals surface area (Å²) in [4.78, 5) is 13.5. The lowest BCUT2D eigenvalue weighted by molar-refractivity contribution is -0.132. The number of rotatable bonds is 5. The number of ether oxygens (including phenoxy) is 1. The van der Waals surface area contributed by atoms with Crippen molar-refractivity contribution in [2.45, 2.75) is 13.5 Å². The average Bonchev–Trinajstić information content (AvgIpc) is 2.90. The molecule has 0 aliphatic carbocycles. The molecule has 0 atom stereocenters. The number of likely N-dealkylation sites (N-methyl/N-ethyl adjacent to an activating group) is 1. The summed E-state index contributed by atoms with van der Waals surface area (Å²) >= 11 is 5.99. The lowest BCUT2D eigenvalue weighted by Crippen LogP contribution is -2.30. The molecule has 2 aromatic rings. The van der Waals surface area contributed by atoms with Crippen molar-refractivity contribution in [3.8, 4) is 11.8 Å². The van der Waals surface area contributed by atoms with Gasteiger partial charge in [0.1, 0.15) is 17.3 Å². The molecule has 0 bridgehead atoms. The smallest absolute Gasteiger partial charge is 0.260 e. The van der Waals surface area contributed by atoms with Crippen LogP contribution in [-0.4, -0.2) is 24.5 Å². The van der Waals surface area contributed by atoms with Crippen molar-refractivity contribution in [2.24, 2.45) is 0 Å². The molecule has 2 rings (SSSR count). The molecular weight excluding hydrogens is 304 g/mol. The molecule has 22 heavy (non-hydrogen) atoms. The third-order valence-corrected chi connectivity index (χ3v) is 3.32. The molecule has 0 aliphatic rings. The molecule has 0 radical (unpaired) electrons. The average molecular weight is 319 g/mol. The van der Waals surface area contributed by atoms with Crippen LogP contribution in [0.1, 0.15) is 17.1 Å². The predicted octanol–water partition coefficient (Wildman–Crippen LogP) is 3.15. The highest BCUT2D eigenvalue weighted by atomic mass is 35.5. The Morgan fingerprint density at radius 1 is 1.41 bits per heavy atom. The Balaban J connectivity index is 1.91. The van der Waals surface area contributed by atoms with E-state index in [1.165, 1.54) is 11.0 Å². The number of furan rings is 1. The van der Waals surface area contributed by atoms with E-state index in [1.54, 1.807) is 19.2 Å². The first-order valence-electron chi connectivity index (χ1n) is 6.61. The van der Waals surface area contributed by atoms with E-state index in [4.69, 9.17) is 26.0 Å². The molecule has 0 aliphatic heterocycles. The maximum absolute atomic E-state index is 12.0. The first-order valence-corrected chi connectivity index (χ1v) is 6.99. The third-order valence-electron chi connectivity index (χ3n) is 3.03. The summed E-state index contributed by atoms with van der Waals surface area (Å²) in [5.74, 6) is 1.69. The van der Waals surface area contributed by atoms with Gasteiger partial charge in [-0.2, -0.15) is 5.26 Å². The van der Waals surface area contributed by atoms with Crippen molar-refractivity contribution < 1.29 is 13.9 Å². The van der Waals surface area contributed by atoms with E-state index in [0.29, 0.717) is 28.6 Å². The van der Waals surface area contributed by atoms with Gasteiger partial charge in [0.25, 0.3) is 5.91 Å². The monoisotopic (exact) mass is 318 g/mol. The van der Waals surface area contributed by atoms with Crippen LogP contribution in [0.25, 0.3) is 0 Å². The minimum absolute atomic E-state index is 0.137. The van der Waals surface area contributed by atoms with Crippen LogP contribution in [0.2, 0.25) is 5.02 Å². The van der Waals surface area contributed by atoms with E-state index in [-0.39, 0.29) is 12.5 Å². The topological polar surface area (TPSA) is 66.5 Å². The Labute approximate surface area is 133 Å². The molecule has 0 unspecified atom stereocenters. The van der Waals surface area contributed by atoms with Gasteiger partial charge in [0.15, 0.2) is 6.61 Å². The SMILES string of the molecule is Cc1ccc(CN(C)C(=O)COc2ccc(C#N)cc2Cl)o1. The second-order valence-electron chi connectivity index (χ2n) is 4.81. The number of carbonyl (C=O) groups is 1. The fourth-order valence-electron chi connectivity index (χ4n) is 1.83. The zero-order valence-corrected chi connectivity index (χ0v) is 13.1. The van der Waals surface area contributed by atoms with Crippen molar-refractivity contribution in [1.82, 2.24) is 4.90 Å². The van der Waals surface area contributed by atoms with E-state index in [1.807, 2.05) is 25.1 Å². The van der Waals surface area contributed by atoms with Crippen molar-refractivity contribution in [3.05, 3.63) is 52.4 Å². The molecule has 1 aromatic carbocycles. The highest BCUT2D eigenvalue weighted by Crippen LogP contribution is 2.25. The minimum Gasteiger partial charge on any atom is -0.482 e. The van der Waals surface area contributed by atoms with Gasteiger partial charge in [-0.15, -0.1) is 0 Å². The second-order valence-corrected chi connectivity index (χ2v) is 5.22. The zero-order chi connectivity index (χ0) is 16.1. The van der Waals surface area contributed by atoms with E-state index in [2.05, 4.69) is 0 Å². The summed E-state index contributed by atoms with van der Waals surface area (Å²) in [7, 11) is 1.67. The van der Waals surface area contributed by atoms with Gasteiger partial charge in [-0.25, -0.2) is 0 Å². The molecular formula is C16H15ClN2O3. The number of halogens is 1. The number of nitrogens with zero attached hydrogens (tertiary/aromatic N) is 2. The molecule has 0 fully saturated rings. The maximum Gasteiger partial charge on any atom is 0.260 e. The predicted molar refractivity (Wildman–Crippen MR) is 81.6 cm³/mol. The zero-order valence-electron chi connectivity index (χ0n) is 12.3. The largest absolute Gasteiger partial charge is 0.482 e. The van der Waals surface area contributed by atoms with Crippen LogP contribution in [0, 0.1) is 18.3 Å². The summed E-state index contributed by atoms with van der Waals surface area (Å²) < 4.78 is 10.8. The fraction of sp³-hybridized carbons (Fsp3) is 0.250. The molecule has 0 saturated heterocycles. The number of amides is 1. The Bertz CT molecular complexity index is 718. The van der Waals surface area contributed by atoms with Crippen LogP contribution in [0.5, 0.6) is 5.75 Å². The molecule has 5 nitrogen and oxygen atoms in total. The van der Waals surface area contributed by atoms with Crippen molar-refractivity contribution in [3.63, 3.8) is 0 Å². The van der Waals surface area contributed by atoms with Gasteiger partial charge in [0.2, 0.25) is 0 Å². The van der Waals surface area contributed by atoms with Gasteiger partial charge in [-0.3, -0.25) is 4.79 Å². The van der Waals surface area contributed by atoms with E-state index < -0.39 is 0 Å². The van der Waals surface area contributed by atoms with Gasteiger partial charge in [-0.1, -0.05) is 11.6 Å². The number of hydrogen-bond acceptors (Lipinski definition) is 4. The Morgan fingerprint density at radius 2 is 2.18 bits per heavy atom. The first-order chi connectivity index (χ1) is 10.5. The lowest BCUT2D eigenvalue weighted by Gasteiger charge is -2.16. The van der Waals surface area contributed by atoms with Crippen LogP contribution in [-0.2, 0) is 11.3 Å². The Hall–Kier alpha value is -2.45. The van der Waals surface area contributed by atoms with Crippen LogP contribution in [0.3, 0.4) is 0 Å². The lowest BCUT2D eigenvalue weighted by atomic mass is 10.2. The van der Waals surface area contributed by atoms with Crippen molar-refractivity contribution >= 4 is 17.5 Å². The molecule has 6 heteroatoms. The Morgan fingerprint density at radius 3 is 2.77 bits per heavy atom. The molecule has 1 aromatic heterocycles. The van der Waals surface area contributed by atoms with E-state index in [0.717, 1.165) is 5.76 Å². The van der Waals surface area contributed by atoms with Gasteiger partial charge in [-0.05, 0) is 37.3 Å². The molecule has 1 heterocycles. The summed E-state index contributed by atoms with van der Waals surface area (Å²) in [5.41, 5.74) is 0.439. The summed E-state index contributed by atoms with van der Waals surface area (Å²) in [5, 5.41) is 9.07. The number of carbonyl (C=O) groups excluding carboxylic acids is 1. The molecule has 0 spiro atoms. The highest BCUT2D eigenvalue weighted by molar-refractivity contribution is 6.32. The second kappa shape index (κ2) is 7.01. The van der Waals surface area contributed by atoms with Gasteiger partial charge < -0.3 is 14.1 Å².